The van der Waals surface area contributed by atoms with E-state index in [4.69, 9.17) is 23.7 Å². The van der Waals surface area contributed by atoms with Gasteiger partial charge in [0.25, 0.3) is 0 Å². The van der Waals surface area contributed by atoms with Gasteiger partial charge in [-0.05, 0) is 58.6 Å². The Morgan fingerprint density at radius 1 is 1.00 bits per heavy atom. The van der Waals surface area contributed by atoms with Crippen LogP contribution < -0.4 is 0 Å². The second-order valence-corrected chi connectivity index (χ2v) is 12.7. The molecule has 1 saturated carbocycles. The summed E-state index contributed by atoms with van der Waals surface area (Å²) in [5.74, 6) is -6.27. The highest BCUT2D eigenvalue weighted by atomic mass is 16.6. The van der Waals surface area contributed by atoms with E-state index < -0.39 is 95.2 Å². The summed E-state index contributed by atoms with van der Waals surface area (Å²) in [6.07, 6.45) is -3.86. The van der Waals surface area contributed by atoms with Crippen molar-refractivity contribution in [3.63, 3.8) is 0 Å². The van der Waals surface area contributed by atoms with Crippen LogP contribution in [0.25, 0.3) is 0 Å². The van der Waals surface area contributed by atoms with Crippen molar-refractivity contribution in [3.05, 3.63) is 22.8 Å². The predicted octanol–water partition coefficient (Wildman–Crippen LogP) is 2.86. The average molecular weight is 623 g/mol. The Hall–Kier alpha value is -3.25. The van der Waals surface area contributed by atoms with E-state index in [-0.39, 0.29) is 16.7 Å². The summed E-state index contributed by atoms with van der Waals surface area (Å²) in [6, 6.07) is 0. The van der Waals surface area contributed by atoms with Crippen molar-refractivity contribution in [2.24, 2.45) is 17.8 Å². The summed E-state index contributed by atoms with van der Waals surface area (Å²) in [7, 11) is 0. The molecule has 10 atom stereocenters. The largest absolute Gasteiger partial charge is 0.459 e. The van der Waals surface area contributed by atoms with Crippen LogP contribution in [0.15, 0.2) is 22.8 Å². The van der Waals surface area contributed by atoms with Crippen molar-refractivity contribution >= 4 is 29.8 Å². The Balaban J connectivity index is 2.36. The summed E-state index contributed by atoms with van der Waals surface area (Å²) < 4.78 is 29.3. The van der Waals surface area contributed by atoms with Gasteiger partial charge in [-0.15, -0.1) is 0 Å². The van der Waals surface area contributed by atoms with E-state index in [0.29, 0.717) is 12.8 Å². The van der Waals surface area contributed by atoms with Gasteiger partial charge in [0.05, 0.1) is 17.8 Å². The smallest absolute Gasteiger partial charge is 0.341 e. The van der Waals surface area contributed by atoms with Gasteiger partial charge in [-0.1, -0.05) is 33.8 Å². The Bertz CT molecular complexity index is 1260. The van der Waals surface area contributed by atoms with Crippen LogP contribution in [0.3, 0.4) is 0 Å². The standard InChI is InChI=1S/C32H46O12/c1-11-15(4)26(34)40-20-14-30(9,44-19(8)33)22-21(25-32(20,39)31(10,38)29(37)43-25)18(7)23(41-27(35)16(5)12-2)24(22)42-28(36)17(6)13-3/h12,15,17,20,22-25,38-39H,11,13-14H2,1-10H3. The molecule has 0 aromatic rings. The molecule has 1 aliphatic heterocycles. The fraction of sp³-hybridized carbons (Fsp3) is 0.719. The topological polar surface area (TPSA) is 172 Å². The van der Waals surface area contributed by atoms with Gasteiger partial charge in [-0.3, -0.25) is 14.4 Å². The van der Waals surface area contributed by atoms with E-state index in [0.717, 1.165) is 6.92 Å². The number of ether oxygens (including phenoxy) is 5. The van der Waals surface area contributed by atoms with Gasteiger partial charge >= 0.3 is 29.8 Å². The Labute approximate surface area is 258 Å². The number of aliphatic hydroxyl groups is 2. The molecule has 0 bridgehead atoms. The normalized spacial score (nSPS) is 36.3. The van der Waals surface area contributed by atoms with Crippen LogP contribution in [0.5, 0.6) is 0 Å². The lowest BCUT2D eigenvalue weighted by Crippen LogP contribution is -2.64. The highest BCUT2D eigenvalue weighted by Crippen LogP contribution is 2.57. The monoisotopic (exact) mass is 622 g/mol. The minimum absolute atomic E-state index is 0.127. The van der Waals surface area contributed by atoms with Crippen LogP contribution in [0.4, 0.5) is 0 Å². The molecule has 2 N–H and O–H groups in total. The first-order valence-electron chi connectivity index (χ1n) is 15.1. The maximum Gasteiger partial charge on any atom is 0.341 e. The molecule has 12 heteroatoms. The third-order valence-corrected chi connectivity index (χ3v) is 9.57. The quantitative estimate of drug-likeness (QED) is 0.167. The zero-order valence-electron chi connectivity index (χ0n) is 27.2. The van der Waals surface area contributed by atoms with Gasteiger partial charge in [0.15, 0.2) is 29.5 Å². The first-order valence-corrected chi connectivity index (χ1v) is 15.1. The van der Waals surface area contributed by atoms with Crippen LogP contribution in [0.1, 0.15) is 88.5 Å². The summed E-state index contributed by atoms with van der Waals surface area (Å²) >= 11 is 0. The molecule has 3 rings (SSSR count). The van der Waals surface area contributed by atoms with Crippen LogP contribution in [0.2, 0.25) is 0 Å². The van der Waals surface area contributed by atoms with Crippen molar-refractivity contribution in [1.82, 2.24) is 0 Å². The van der Waals surface area contributed by atoms with Gasteiger partial charge in [-0.25, -0.2) is 9.59 Å². The maximum atomic E-state index is 13.3. The van der Waals surface area contributed by atoms with E-state index in [1.165, 1.54) is 13.8 Å². The molecule has 0 aromatic carbocycles. The van der Waals surface area contributed by atoms with E-state index in [9.17, 15) is 34.2 Å². The van der Waals surface area contributed by atoms with E-state index in [1.54, 1.807) is 54.5 Å². The molecule has 2 fully saturated rings. The number of carbonyl (C=O) groups is 5. The number of hydrogen-bond acceptors (Lipinski definition) is 12. The molecule has 12 nitrogen and oxygen atoms in total. The van der Waals surface area contributed by atoms with Crippen LogP contribution in [-0.4, -0.2) is 81.3 Å². The molecule has 44 heavy (non-hydrogen) atoms. The first-order chi connectivity index (χ1) is 20.3. The summed E-state index contributed by atoms with van der Waals surface area (Å²) in [4.78, 5) is 65.2. The fourth-order valence-electron chi connectivity index (χ4n) is 6.23. The highest BCUT2D eigenvalue weighted by molar-refractivity contribution is 5.88. The fourth-order valence-corrected chi connectivity index (χ4v) is 6.23. The molecule has 2 aliphatic carbocycles. The van der Waals surface area contributed by atoms with E-state index >= 15 is 0 Å². The lowest BCUT2D eigenvalue weighted by Gasteiger charge is -2.42. The van der Waals surface area contributed by atoms with Gasteiger partial charge in [-0.2, -0.15) is 0 Å². The van der Waals surface area contributed by atoms with Crippen molar-refractivity contribution in [1.29, 1.82) is 0 Å². The molecule has 3 aliphatic rings. The summed E-state index contributed by atoms with van der Waals surface area (Å²) in [6.45, 7) is 15.4. The SMILES string of the molecule is CC=C(C)C(=O)OC1C(C)=C2C(C1OC(=O)C(C)CC)C(C)(OC(C)=O)CC(OC(=O)C(C)CC)C1(O)C2OC(=O)C1(C)O. The highest BCUT2D eigenvalue weighted by Gasteiger charge is 2.76. The number of rotatable bonds is 9. The van der Waals surface area contributed by atoms with Gasteiger partial charge in [0.1, 0.15) is 11.7 Å². The summed E-state index contributed by atoms with van der Waals surface area (Å²) in [5.41, 5.74) is -6.20. The average Bonchev–Trinajstić information content (AvgIpc) is 3.29. The lowest BCUT2D eigenvalue weighted by molar-refractivity contribution is -0.214. The van der Waals surface area contributed by atoms with E-state index in [2.05, 4.69) is 0 Å². The number of carbonyl (C=O) groups excluding carboxylic acids is 5. The second kappa shape index (κ2) is 12.6. The minimum Gasteiger partial charge on any atom is -0.459 e. The molecule has 246 valence electrons. The third-order valence-electron chi connectivity index (χ3n) is 9.57. The van der Waals surface area contributed by atoms with Crippen molar-refractivity contribution in [2.75, 3.05) is 0 Å². The molecular formula is C32H46O12. The molecule has 1 saturated heterocycles. The number of allylic oxidation sites excluding steroid dienone is 1. The molecule has 0 radical (unpaired) electrons. The molecular weight excluding hydrogens is 576 g/mol. The predicted molar refractivity (Wildman–Crippen MR) is 154 cm³/mol. The Morgan fingerprint density at radius 3 is 2.05 bits per heavy atom. The molecule has 0 amide bonds. The van der Waals surface area contributed by atoms with Crippen LogP contribution in [0, 0.1) is 17.8 Å². The maximum absolute atomic E-state index is 13.3. The molecule has 10 unspecified atom stereocenters. The summed E-state index contributed by atoms with van der Waals surface area (Å²) in [5, 5.41) is 23.9. The van der Waals surface area contributed by atoms with E-state index in [1.807, 2.05) is 0 Å². The van der Waals surface area contributed by atoms with Gasteiger partial charge in [0, 0.05) is 18.9 Å². The Kier molecular flexibility index (Phi) is 10.1. The third kappa shape index (κ3) is 5.78. The zero-order chi connectivity index (χ0) is 33.5. The first kappa shape index (κ1) is 35.2. The van der Waals surface area contributed by atoms with Crippen LogP contribution in [-0.2, 0) is 47.7 Å². The number of fused-ring (bicyclic) bond motifs is 3. The lowest BCUT2D eigenvalue weighted by atomic mass is 9.75. The molecule has 0 spiro atoms. The van der Waals surface area contributed by atoms with Gasteiger partial charge in [0.2, 0.25) is 0 Å². The molecule has 0 aromatic heterocycles. The minimum atomic E-state index is -2.59. The number of hydrogen-bond donors (Lipinski definition) is 2. The van der Waals surface area contributed by atoms with Crippen LogP contribution >= 0.6 is 0 Å². The molecule has 1 heterocycles. The number of esters is 5. The van der Waals surface area contributed by atoms with Crippen molar-refractivity contribution < 1.29 is 57.9 Å². The van der Waals surface area contributed by atoms with Crippen molar-refractivity contribution in [3.8, 4) is 0 Å². The Morgan fingerprint density at radius 2 is 1.55 bits per heavy atom. The zero-order valence-corrected chi connectivity index (χ0v) is 27.2. The van der Waals surface area contributed by atoms with Gasteiger partial charge < -0.3 is 33.9 Å². The van der Waals surface area contributed by atoms with Crippen molar-refractivity contribution in [2.45, 2.75) is 130 Å². The second-order valence-electron chi connectivity index (χ2n) is 12.7.